The van der Waals surface area contributed by atoms with Crippen LogP contribution in [0.3, 0.4) is 0 Å². The molecule has 0 radical (unpaired) electrons. The van der Waals surface area contributed by atoms with Crippen molar-refractivity contribution in [3.8, 4) is 0 Å². The summed E-state index contributed by atoms with van der Waals surface area (Å²) in [6.45, 7) is 7.18. The maximum Gasteiger partial charge on any atom is 0.314 e. The highest BCUT2D eigenvalue weighted by Gasteiger charge is 2.12. The van der Waals surface area contributed by atoms with Crippen molar-refractivity contribution >= 4 is 12.0 Å². The molecule has 0 aliphatic rings. The SMILES string of the molecule is CC(C)(C)c1ccc(CCNC(=O)NCCC(=O)O)cc1. The third-order valence-corrected chi connectivity index (χ3v) is 3.14. The third-order valence-electron chi connectivity index (χ3n) is 3.14. The van der Waals surface area contributed by atoms with Gasteiger partial charge in [0.1, 0.15) is 0 Å². The van der Waals surface area contributed by atoms with Gasteiger partial charge in [0.15, 0.2) is 0 Å². The fourth-order valence-corrected chi connectivity index (χ4v) is 1.84. The Morgan fingerprint density at radius 2 is 1.62 bits per heavy atom. The first-order valence-corrected chi connectivity index (χ1v) is 7.12. The van der Waals surface area contributed by atoms with E-state index in [4.69, 9.17) is 5.11 Å². The highest BCUT2D eigenvalue weighted by molar-refractivity contribution is 5.74. The second-order valence-corrected chi connectivity index (χ2v) is 6.02. The van der Waals surface area contributed by atoms with Crippen LogP contribution < -0.4 is 10.6 Å². The zero-order valence-electron chi connectivity index (χ0n) is 12.9. The topological polar surface area (TPSA) is 78.4 Å². The van der Waals surface area contributed by atoms with Crippen LogP contribution in [0.1, 0.15) is 38.3 Å². The Balaban J connectivity index is 2.29. The Kier molecular flexibility index (Phi) is 6.21. The van der Waals surface area contributed by atoms with Gasteiger partial charge < -0.3 is 15.7 Å². The molecular formula is C16H24N2O3. The number of carbonyl (C=O) groups excluding carboxylic acids is 1. The summed E-state index contributed by atoms with van der Waals surface area (Å²) in [6, 6.07) is 8.04. The second-order valence-electron chi connectivity index (χ2n) is 6.02. The number of benzene rings is 1. The first kappa shape index (κ1) is 17.0. The number of hydrogen-bond acceptors (Lipinski definition) is 2. The van der Waals surface area contributed by atoms with E-state index in [1.54, 1.807) is 0 Å². The molecular weight excluding hydrogens is 268 g/mol. The number of rotatable bonds is 6. The molecule has 0 atom stereocenters. The molecule has 0 fully saturated rings. The average molecular weight is 292 g/mol. The molecule has 0 unspecified atom stereocenters. The van der Waals surface area contributed by atoms with E-state index >= 15 is 0 Å². The Bertz CT molecular complexity index is 475. The minimum Gasteiger partial charge on any atom is -0.481 e. The number of amides is 2. The lowest BCUT2D eigenvalue weighted by atomic mass is 9.86. The second kappa shape index (κ2) is 7.67. The summed E-state index contributed by atoms with van der Waals surface area (Å²) in [7, 11) is 0. The van der Waals surface area contributed by atoms with Gasteiger partial charge in [-0.1, -0.05) is 45.0 Å². The van der Waals surface area contributed by atoms with Crippen molar-refractivity contribution in [2.45, 2.75) is 39.0 Å². The molecule has 5 nitrogen and oxygen atoms in total. The molecule has 1 rings (SSSR count). The van der Waals surface area contributed by atoms with Crippen molar-refractivity contribution in [1.29, 1.82) is 0 Å². The molecule has 1 aromatic rings. The van der Waals surface area contributed by atoms with Crippen molar-refractivity contribution in [2.75, 3.05) is 13.1 Å². The normalized spacial score (nSPS) is 11.0. The molecule has 0 heterocycles. The zero-order valence-corrected chi connectivity index (χ0v) is 12.9. The van der Waals surface area contributed by atoms with E-state index in [2.05, 4.69) is 55.7 Å². The van der Waals surface area contributed by atoms with E-state index in [9.17, 15) is 9.59 Å². The van der Waals surface area contributed by atoms with Crippen molar-refractivity contribution < 1.29 is 14.7 Å². The molecule has 0 spiro atoms. The van der Waals surface area contributed by atoms with E-state index < -0.39 is 5.97 Å². The summed E-state index contributed by atoms with van der Waals surface area (Å²) in [5.41, 5.74) is 2.58. The van der Waals surface area contributed by atoms with Crippen LogP contribution >= 0.6 is 0 Å². The monoisotopic (exact) mass is 292 g/mol. The third kappa shape index (κ3) is 6.79. The van der Waals surface area contributed by atoms with Crippen LogP contribution in [-0.4, -0.2) is 30.2 Å². The van der Waals surface area contributed by atoms with Gasteiger partial charge in [-0.25, -0.2) is 4.79 Å². The lowest BCUT2D eigenvalue weighted by Crippen LogP contribution is -2.37. The summed E-state index contributed by atoms with van der Waals surface area (Å²) in [6.07, 6.45) is 0.679. The van der Waals surface area contributed by atoms with E-state index in [1.807, 2.05) is 0 Å². The molecule has 116 valence electrons. The average Bonchev–Trinajstić information content (AvgIpc) is 2.38. The molecule has 0 saturated carbocycles. The van der Waals surface area contributed by atoms with Gasteiger partial charge in [0.05, 0.1) is 6.42 Å². The molecule has 0 aliphatic carbocycles. The zero-order chi connectivity index (χ0) is 15.9. The van der Waals surface area contributed by atoms with Crippen LogP contribution in [0.4, 0.5) is 4.79 Å². The van der Waals surface area contributed by atoms with Crippen molar-refractivity contribution in [3.05, 3.63) is 35.4 Å². The summed E-state index contributed by atoms with van der Waals surface area (Å²) < 4.78 is 0. The molecule has 0 aromatic heterocycles. The van der Waals surface area contributed by atoms with E-state index in [1.165, 1.54) is 5.56 Å². The van der Waals surface area contributed by atoms with Crippen LogP contribution in [0.5, 0.6) is 0 Å². The maximum absolute atomic E-state index is 11.4. The van der Waals surface area contributed by atoms with Gasteiger partial charge in [-0.2, -0.15) is 0 Å². The van der Waals surface area contributed by atoms with Crippen LogP contribution in [0.2, 0.25) is 0 Å². The molecule has 3 N–H and O–H groups in total. The molecule has 5 heteroatoms. The minimum atomic E-state index is -0.922. The predicted molar refractivity (Wildman–Crippen MR) is 82.5 cm³/mol. The first-order valence-electron chi connectivity index (χ1n) is 7.12. The Hall–Kier alpha value is -2.04. The van der Waals surface area contributed by atoms with Crippen molar-refractivity contribution in [1.82, 2.24) is 10.6 Å². The molecule has 2 amide bonds. The van der Waals surface area contributed by atoms with Gasteiger partial charge in [0, 0.05) is 13.1 Å². The van der Waals surface area contributed by atoms with Gasteiger partial charge in [0.2, 0.25) is 0 Å². The summed E-state index contributed by atoms with van der Waals surface area (Å²) >= 11 is 0. The fourth-order valence-electron chi connectivity index (χ4n) is 1.84. The smallest absolute Gasteiger partial charge is 0.314 e. The maximum atomic E-state index is 11.4. The highest BCUT2D eigenvalue weighted by atomic mass is 16.4. The number of carbonyl (C=O) groups is 2. The Morgan fingerprint density at radius 1 is 1.05 bits per heavy atom. The number of carboxylic acid groups (broad SMARTS) is 1. The van der Waals surface area contributed by atoms with Crippen LogP contribution in [0.25, 0.3) is 0 Å². The van der Waals surface area contributed by atoms with Crippen molar-refractivity contribution in [3.63, 3.8) is 0 Å². The van der Waals surface area contributed by atoms with E-state index in [0.29, 0.717) is 6.54 Å². The lowest BCUT2D eigenvalue weighted by Gasteiger charge is -2.19. The van der Waals surface area contributed by atoms with Gasteiger partial charge in [-0.05, 0) is 23.0 Å². The summed E-state index contributed by atoms with van der Waals surface area (Å²) in [4.78, 5) is 21.7. The molecule has 21 heavy (non-hydrogen) atoms. The van der Waals surface area contributed by atoms with E-state index in [-0.39, 0.29) is 24.4 Å². The molecule has 0 aliphatic heterocycles. The number of nitrogens with one attached hydrogen (secondary N) is 2. The summed E-state index contributed by atoms with van der Waals surface area (Å²) in [5, 5.41) is 13.7. The van der Waals surface area contributed by atoms with Gasteiger partial charge >= 0.3 is 12.0 Å². The van der Waals surface area contributed by atoms with Gasteiger partial charge in [-0.3, -0.25) is 4.79 Å². The molecule has 0 saturated heterocycles. The number of urea groups is 1. The quantitative estimate of drug-likeness (QED) is 0.753. The molecule has 1 aromatic carbocycles. The Morgan fingerprint density at radius 3 is 2.14 bits per heavy atom. The van der Waals surface area contributed by atoms with E-state index in [0.717, 1.165) is 12.0 Å². The standard InChI is InChI=1S/C16H24N2O3/c1-16(2,3)13-6-4-12(5-7-13)8-10-17-15(21)18-11-9-14(19)20/h4-7H,8-11H2,1-3H3,(H,19,20)(H2,17,18,21). The number of carboxylic acids is 1. The Labute approximate surface area is 125 Å². The number of aliphatic carboxylic acids is 1. The largest absolute Gasteiger partial charge is 0.481 e. The summed E-state index contributed by atoms with van der Waals surface area (Å²) in [5.74, 6) is -0.922. The van der Waals surface area contributed by atoms with Crippen molar-refractivity contribution in [2.24, 2.45) is 0 Å². The molecule has 0 bridgehead atoms. The first-order chi connectivity index (χ1) is 9.79. The number of hydrogen-bond donors (Lipinski definition) is 3. The van der Waals surface area contributed by atoms with Crippen LogP contribution in [0, 0.1) is 0 Å². The minimum absolute atomic E-state index is 0.0678. The highest BCUT2D eigenvalue weighted by Crippen LogP contribution is 2.22. The predicted octanol–water partition coefficient (Wildman–Crippen LogP) is 2.30. The fraction of sp³-hybridized carbons (Fsp3) is 0.500. The van der Waals surface area contributed by atoms with Crippen LogP contribution in [0.15, 0.2) is 24.3 Å². The lowest BCUT2D eigenvalue weighted by molar-refractivity contribution is -0.136. The van der Waals surface area contributed by atoms with Gasteiger partial charge in [-0.15, -0.1) is 0 Å². The van der Waals surface area contributed by atoms with Gasteiger partial charge in [0.25, 0.3) is 0 Å². The van der Waals surface area contributed by atoms with Crippen LogP contribution in [-0.2, 0) is 16.6 Å².